The third-order valence-corrected chi connectivity index (χ3v) is 3.69. The predicted molar refractivity (Wildman–Crippen MR) is 76.8 cm³/mol. The van der Waals surface area contributed by atoms with Crippen LogP contribution in [0.15, 0.2) is 22.7 Å². The monoisotopic (exact) mass is 327 g/mol. The van der Waals surface area contributed by atoms with Gasteiger partial charge in [-0.1, -0.05) is 22.0 Å². The van der Waals surface area contributed by atoms with Crippen molar-refractivity contribution >= 4 is 32.6 Å². The first-order valence-electron chi connectivity index (χ1n) is 5.49. The maximum absolute atomic E-state index is 4.99. The molecule has 0 aliphatic carbocycles. The lowest BCUT2D eigenvalue weighted by atomic mass is 10.1. The van der Waals surface area contributed by atoms with Gasteiger partial charge in [-0.15, -0.1) is 0 Å². The second-order valence-electron chi connectivity index (χ2n) is 3.87. The van der Waals surface area contributed by atoms with Crippen molar-refractivity contribution in [3.8, 4) is 0 Å². The molecule has 0 unspecified atom stereocenters. The van der Waals surface area contributed by atoms with Crippen LogP contribution in [0.25, 0.3) is 0 Å². The maximum Gasteiger partial charge on any atom is 0.202 e. The van der Waals surface area contributed by atoms with Crippen molar-refractivity contribution in [1.29, 1.82) is 0 Å². The summed E-state index contributed by atoms with van der Waals surface area (Å²) in [7, 11) is 1.64. The summed E-state index contributed by atoms with van der Waals surface area (Å²) in [4.78, 5) is 4.33. The van der Waals surface area contributed by atoms with Crippen molar-refractivity contribution in [2.75, 3.05) is 12.4 Å². The summed E-state index contributed by atoms with van der Waals surface area (Å²) in [5.74, 6) is 0.718. The Labute approximate surface area is 119 Å². The number of ether oxygens (including phenoxy) is 1. The van der Waals surface area contributed by atoms with Crippen LogP contribution in [-0.4, -0.2) is 16.5 Å². The third kappa shape index (κ3) is 3.51. The number of hydrogen-bond acceptors (Lipinski definition) is 5. The second-order valence-corrected chi connectivity index (χ2v) is 5.54. The van der Waals surface area contributed by atoms with E-state index in [9.17, 15) is 0 Å². The van der Waals surface area contributed by atoms with Crippen LogP contribution in [0.2, 0.25) is 0 Å². The molecule has 4 nitrogen and oxygen atoms in total. The number of methoxy groups -OCH3 is 1. The number of nitrogens with zero attached hydrogens (tertiary/aromatic N) is 2. The summed E-state index contributed by atoms with van der Waals surface area (Å²) in [6.45, 7) is 3.29. The van der Waals surface area contributed by atoms with E-state index in [2.05, 4.69) is 49.7 Å². The number of anilines is 1. The normalized spacial score (nSPS) is 10.6. The quantitative estimate of drug-likeness (QED) is 0.914. The van der Waals surface area contributed by atoms with E-state index in [1.54, 1.807) is 7.11 Å². The fraction of sp³-hybridized carbons (Fsp3) is 0.333. The third-order valence-electron chi connectivity index (χ3n) is 2.48. The number of aryl methyl sites for hydroxylation is 1. The van der Waals surface area contributed by atoms with Gasteiger partial charge in [0.05, 0.1) is 0 Å². The summed E-state index contributed by atoms with van der Waals surface area (Å²) >= 11 is 4.83. The molecule has 6 heteroatoms. The lowest BCUT2D eigenvalue weighted by Gasteiger charge is -2.06. The van der Waals surface area contributed by atoms with Gasteiger partial charge in [0.15, 0.2) is 5.82 Å². The lowest BCUT2D eigenvalue weighted by Crippen LogP contribution is -2.01. The SMILES string of the molecule is COCc1nsc(NCc2cc(Br)ccc2C)n1. The maximum atomic E-state index is 4.99. The Morgan fingerprint density at radius 3 is 3.06 bits per heavy atom. The zero-order chi connectivity index (χ0) is 13.0. The zero-order valence-electron chi connectivity index (χ0n) is 10.2. The molecule has 0 bridgehead atoms. The number of hydrogen-bond donors (Lipinski definition) is 1. The topological polar surface area (TPSA) is 47.0 Å². The average Bonchev–Trinajstić information content (AvgIpc) is 2.79. The summed E-state index contributed by atoms with van der Waals surface area (Å²) < 4.78 is 10.3. The van der Waals surface area contributed by atoms with Crippen LogP contribution in [-0.2, 0) is 17.9 Å². The second kappa shape index (κ2) is 6.26. The molecule has 0 spiro atoms. The van der Waals surface area contributed by atoms with E-state index in [1.807, 2.05) is 6.07 Å². The van der Waals surface area contributed by atoms with Crippen LogP contribution in [0.3, 0.4) is 0 Å². The molecule has 0 aliphatic heterocycles. The average molecular weight is 328 g/mol. The zero-order valence-corrected chi connectivity index (χ0v) is 12.6. The Morgan fingerprint density at radius 1 is 1.44 bits per heavy atom. The van der Waals surface area contributed by atoms with E-state index >= 15 is 0 Å². The van der Waals surface area contributed by atoms with E-state index < -0.39 is 0 Å². The van der Waals surface area contributed by atoms with Crippen molar-refractivity contribution in [2.45, 2.75) is 20.1 Å². The van der Waals surface area contributed by atoms with E-state index in [0.717, 1.165) is 22.0 Å². The molecule has 0 saturated heterocycles. The first-order valence-corrected chi connectivity index (χ1v) is 7.06. The number of halogens is 1. The molecule has 1 aromatic carbocycles. The fourth-order valence-electron chi connectivity index (χ4n) is 1.51. The van der Waals surface area contributed by atoms with Crippen molar-refractivity contribution in [3.63, 3.8) is 0 Å². The molecule has 0 aliphatic rings. The molecule has 0 fully saturated rings. The highest BCUT2D eigenvalue weighted by molar-refractivity contribution is 9.10. The fourth-order valence-corrected chi connectivity index (χ4v) is 2.49. The van der Waals surface area contributed by atoms with Gasteiger partial charge in [0.2, 0.25) is 5.13 Å². The number of rotatable bonds is 5. The van der Waals surface area contributed by atoms with Gasteiger partial charge < -0.3 is 10.1 Å². The van der Waals surface area contributed by atoms with Gasteiger partial charge in [-0.3, -0.25) is 0 Å². The first-order chi connectivity index (χ1) is 8.69. The highest BCUT2D eigenvalue weighted by Crippen LogP contribution is 2.18. The van der Waals surface area contributed by atoms with Crippen LogP contribution in [0, 0.1) is 6.92 Å². The Hall–Kier alpha value is -0.980. The molecule has 1 heterocycles. The van der Waals surface area contributed by atoms with Crippen LogP contribution in [0.5, 0.6) is 0 Å². The first kappa shape index (κ1) is 13.5. The van der Waals surface area contributed by atoms with Gasteiger partial charge in [0.1, 0.15) is 6.61 Å². The van der Waals surface area contributed by atoms with Crippen LogP contribution in [0.1, 0.15) is 17.0 Å². The minimum absolute atomic E-state index is 0.452. The Kier molecular flexibility index (Phi) is 4.68. The van der Waals surface area contributed by atoms with Crippen LogP contribution in [0.4, 0.5) is 5.13 Å². The molecule has 0 atom stereocenters. The van der Waals surface area contributed by atoms with E-state index in [-0.39, 0.29) is 0 Å². The van der Waals surface area contributed by atoms with E-state index in [4.69, 9.17) is 4.74 Å². The minimum Gasteiger partial charge on any atom is -0.377 e. The molecular formula is C12H14BrN3OS. The lowest BCUT2D eigenvalue weighted by molar-refractivity contribution is 0.179. The summed E-state index contributed by atoms with van der Waals surface area (Å²) in [5.41, 5.74) is 2.50. The molecule has 0 amide bonds. The van der Waals surface area contributed by atoms with Crippen molar-refractivity contribution in [2.24, 2.45) is 0 Å². The number of benzene rings is 1. The predicted octanol–water partition coefficient (Wildman–Crippen LogP) is 3.37. The van der Waals surface area contributed by atoms with E-state index in [0.29, 0.717) is 6.61 Å². The number of aromatic nitrogens is 2. The van der Waals surface area contributed by atoms with Gasteiger partial charge in [-0.05, 0) is 30.2 Å². The van der Waals surface area contributed by atoms with Gasteiger partial charge in [0, 0.05) is 29.7 Å². The number of nitrogens with one attached hydrogen (secondary N) is 1. The van der Waals surface area contributed by atoms with Crippen molar-refractivity contribution in [3.05, 3.63) is 39.6 Å². The highest BCUT2D eigenvalue weighted by Gasteiger charge is 2.04. The highest BCUT2D eigenvalue weighted by atomic mass is 79.9. The molecule has 0 radical (unpaired) electrons. The van der Waals surface area contributed by atoms with Crippen molar-refractivity contribution in [1.82, 2.24) is 9.36 Å². The Morgan fingerprint density at radius 2 is 2.28 bits per heavy atom. The smallest absolute Gasteiger partial charge is 0.202 e. The molecule has 96 valence electrons. The minimum atomic E-state index is 0.452. The Balaban J connectivity index is 1.99. The molecule has 1 N–H and O–H groups in total. The van der Waals surface area contributed by atoms with Gasteiger partial charge in [-0.2, -0.15) is 4.37 Å². The van der Waals surface area contributed by atoms with Gasteiger partial charge in [0.25, 0.3) is 0 Å². The summed E-state index contributed by atoms with van der Waals surface area (Å²) in [5, 5.41) is 4.10. The van der Waals surface area contributed by atoms with Crippen LogP contribution >= 0.6 is 27.5 Å². The largest absolute Gasteiger partial charge is 0.377 e. The molecule has 1 aromatic heterocycles. The molecular weight excluding hydrogens is 314 g/mol. The van der Waals surface area contributed by atoms with Crippen LogP contribution < -0.4 is 5.32 Å². The molecule has 2 rings (SSSR count). The van der Waals surface area contributed by atoms with Gasteiger partial charge >= 0.3 is 0 Å². The Bertz CT molecular complexity index is 530. The standard InChI is InChI=1S/C12H14BrN3OS/c1-8-3-4-10(13)5-9(8)6-14-12-15-11(7-17-2)16-18-12/h3-5H,6-7H2,1-2H3,(H,14,15,16). The molecule has 18 heavy (non-hydrogen) atoms. The van der Waals surface area contributed by atoms with Crippen molar-refractivity contribution < 1.29 is 4.74 Å². The summed E-state index contributed by atoms with van der Waals surface area (Å²) in [6.07, 6.45) is 0. The summed E-state index contributed by atoms with van der Waals surface area (Å²) in [6, 6.07) is 6.25. The van der Waals surface area contributed by atoms with Gasteiger partial charge in [-0.25, -0.2) is 4.98 Å². The molecule has 0 saturated carbocycles. The molecule has 2 aromatic rings. The van der Waals surface area contributed by atoms with E-state index in [1.165, 1.54) is 22.7 Å².